The number of nitrogens with one attached hydrogen (secondary N) is 2. The number of carbonyl (C=O) groups excluding carboxylic acids is 2. The van der Waals surface area contributed by atoms with E-state index < -0.39 is 5.91 Å². The van der Waals surface area contributed by atoms with Gasteiger partial charge in [0.05, 0.1) is 6.21 Å². The van der Waals surface area contributed by atoms with Crippen LogP contribution in [0.3, 0.4) is 0 Å². The van der Waals surface area contributed by atoms with E-state index in [4.69, 9.17) is 0 Å². The molecule has 0 saturated heterocycles. The van der Waals surface area contributed by atoms with Crippen molar-refractivity contribution >= 4 is 18.0 Å². The minimum atomic E-state index is -0.423. The third kappa shape index (κ3) is 6.98. The van der Waals surface area contributed by atoms with Crippen LogP contribution in [0, 0.1) is 5.92 Å². The highest BCUT2D eigenvalue weighted by Gasteiger charge is 2.08. The Morgan fingerprint density at radius 1 is 1.21 bits per heavy atom. The highest BCUT2D eigenvalue weighted by Crippen LogP contribution is 1.93. The smallest absolute Gasteiger partial charge is 0.249 e. The van der Waals surface area contributed by atoms with Crippen LogP contribution in [0.4, 0.5) is 0 Å². The van der Waals surface area contributed by atoms with Gasteiger partial charge in [0.25, 0.3) is 0 Å². The number of nitrogens with zero attached hydrogens (tertiary/aromatic N) is 1. The maximum Gasteiger partial charge on any atom is 0.249 e. The molecule has 0 bridgehead atoms. The van der Waals surface area contributed by atoms with Crippen LogP contribution in [0.2, 0.25) is 0 Å². The van der Waals surface area contributed by atoms with Crippen molar-refractivity contribution in [2.75, 3.05) is 6.54 Å². The van der Waals surface area contributed by atoms with Crippen LogP contribution in [0.15, 0.2) is 35.4 Å². The zero-order valence-corrected chi connectivity index (χ0v) is 11.2. The summed E-state index contributed by atoms with van der Waals surface area (Å²) in [5, 5.41) is 6.45. The molecule has 0 fully saturated rings. The van der Waals surface area contributed by atoms with Gasteiger partial charge < -0.3 is 5.32 Å². The second-order valence-electron chi connectivity index (χ2n) is 4.58. The van der Waals surface area contributed by atoms with Crippen LogP contribution in [0.1, 0.15) is 25.8 Å². The lowest BCUT2D eigenvalue weighted by atomic mass is 10.2. The van der Waals surface area contributed by atoms with Gasteiger partial charge in [-0.15, -0.1) is 0 Å². The van der Waals surface area contributed by atoms with Gasteiger partial charge in [0, 0.05) is 6.54 Å². The Bertz CT molecular complexity index is 441. The molecular formula is C14H19N3O2. The minimum absolute atomic E-state index is 0.209. The van der Waals surface area contributed by atoms with Gasteiger partial charge >= 0.3 is 0 Å². The fourth-order valence-corrected chi connectivity index (χ4v) is 1.28. The van der Waals surface area contributed by atoms with E-state index in [1.54, 1.807) is 0 Å². The van der Waals surface area contributed by atoms with E-state index in [2.05, 4.69) is 15.8 Å². The van der Waals surface area contributed by atoms with Gasteiger partial charge in [0.2, 0.25) is 11.8 Å². The largest absolute Gasteiger partial charge is 0.355 e. The molecule has 0 aliphatic heterocycles. The highest BCUT2D eigenvalue weighted by atomic mass is 16.2. The zero-order chi connectivity index (χ0) is 14.1. The summed E-state index contributed by atoms with van der Waals surface area (Å²) in [6, 6.07) is 9.38. The summed E-state index contributed by atoms with van der Waals surface area (Å²) >= 11 is 0. The maximum absolute atomic E-state index is 11.4. The first-order valence-corrected chi connectivity index (χ1v) is 6.21. The number of rotatable bonds is 6. The molecule has 1 rings (SSSR count). The average molecular weight is 261 g/mol. The van der Waals surface area contributed by atoms with Gasteiger partial charge in [-0.3, -0.25) is 9.59 Å². The molecule has 1 aromatic carbocycles. The van der Waals surface area contributed by atoms with E-state index in [0.29, 0.717) is 12.5 Å². The molecule has 0 heterocycles. The number of amides is 2. The van der Waals surface area contributed by atoms with Crippen LogP contribution in [0.5, 0.6) is 0 Å². The summed E-state index contributed by atoms with van der Waals surface area (Å²) in [6.45, 7) is 4.55. The lowest BCUT2D eigenvalue weighted by Gasteiger charge is -2.06. The van der Waals surface area contributed by atoms with Crippen molar-refractivity contribution in [3.63, 3.8) is 0 Å². The Labute approximate surface area is 113 Å². The molecule has 0 aliphatic carbocycles. The first-order chi connectivity index (χ1) is 9.08. The van der Waals surface area contributed by atoms with Gasteiger partial charge in [-0.2, -0.15) is 5.10 Å². The van der Waals surface area contributed by atoms with Crippen molar-refractivity contribution in [3.05, 3.63) is 35.9 Å². The van der Waals surface area contributed by atoms with E-state index in [-0.39, 0.29) is 12.3 Å². The Hall–Kier alpha value is -2.17. The number of hydrazone groups is 1. The number of benzene rings is 1. The molecule has 0 unspecified atom stereocenters. The molecular weight excluding hydrogens is 242 g/mol. The van der Waals surface area contributed by atoms with Gasteiger partial charge in [-0.05, 0) is 11.5 Å². The lowest BCUT2D eigenvalue weighted by Crippen LogP contribution is -2.32. The first kappa shape index (κ1) is 14.9. The predicted octanol–water partition coefficient (Wildman–Crippen LogP) is 1.30. The molecule has 0 aliphatic rings. The SMILES string of the molecule is CC(C)CNC(=O)CC(=O)N/N=C\c1ccccc1. The number of hydrogen-bond acceptors (Lipinski definition) is 3. The fraction of sp³-hybridized carbons (Fsp3) is 0.357. The summed E-state index contributed by atoms with van der Waals surface area (Å²) in [6.07, 6.45) is 1.32. The summed E-state index contributed by atoms with van der Waals surface area (Å²) in [5.74, 6) is -0.349. The van der Waals surface area contributed by atoms with Gasteiger partial charge in [-0.1, -0.05) is 44.2 Å². The van der Waals surface area contributed by atoms with E-state index >= 15 is 0 Å². The third-order valence-electron chi connectivity index (χ3n) is 2.23. The predicted molar refractivity (Wildman–Crippen MR) is 74.6 cm³/mol. The molecule has 1 aromatic rings. The van der Waals surface area contributed by atoms with Gasteiger partial charge in [0.1, 0.15) is 6.42 Å². The Kier molecular flexibility index (Phi) is 6.29. The van der Waals surface area contributed by atoms with Crippen molar-refractivity contribution in [2.24, 2.45) is 11.0 Å². The molecule has 102 valence electrons. The molecule has 19 heavy (non-hydrogen) atoms. The molecule has 5 nitrogen and oxygen atoms in total. The van der Waals surface area contributed by atoms with Crippen LogP contribution < -0.4 is 10.7 Å². The lowest BCUT2D eigenvalue weighted by molar-refractivity contribution is -0.129. The molecule has 5 heteroatoms. The van der Waals surface area contributed by atoms with Gasteiger partial charge in [-0.25, -0.2) is 5.43 Å². The summed E-state index contributed by atoms with van der Waals surface area (Å²) in [5.41, 5.74) is 3.20. The van der Waals surface area contributed by atoms with Crippen LogP contribution in [-0.2, 0) is 9.59 Å². The summed E-state index contributed by atoms with van der Waals surface area (Å²) < 4.78 is 0. The van der Waals surface area contributed by atoms with Crippen molar-refractivity contribution in [2.45, 2.75) is 20.3 Å². The third-order valence-corrected chi connectivity index (χ3v) is 2.23. The monoisotopic (exact) mass is 261 g/mol. The second-order valence-corrected chi connectivity index (χ2v) is 4.58. The molecule has 2 N–H and O–H groups in total. The van der Waals surface area contributed by atoms with Gasteiger partial charge in [0.15, 0.2) is 0 Å². The number of carbonyl (C=O) groups is 2. The van der Waals surface area contributed by atoms with E-state index in [0.717, 1.165) is 5.56 Å². The second kappa shape index (κ2) is 8.02. The Balaban J connectivity index is 2.28. The molecule has 0 aromatic heterocycles. The Morgan fingerprint density at radius 3 is 2.53 bits per heavy atom. The first-order valence-electron chi connectivity index (χ1n) is 6.21. The maximum atomic E-state index is 11.4. The molecule has 0 radical (unpaired) electrons. The van der Waals surface area contributed by atoms with Crippen LogP contribution in [0.25, 0.3) is 0 Å². The minimum Gasteiger partial charge on any atom is -0.355 e. The van der Waals surface area contributed by atoms with Crippen LogP contribution >= 0.6 is 0 Å². The highest BCUT2D eigenvalue weighted by molar-refractivity contribution is 5.97. The van der Waals surface area contributed by atoms with E-state index in [1.165, 1.54) is 6.21 Å². The molecule has 0 atom stereocenters. The molecule has 0 spiro atoms. The van der Waals surface area contributed by atoms with Crippen molar-refractivity contribution in [1.82, 2.24) is 10.7 Å². The standard InChI is InChI=1S/C14H19N3O2/c1-11(2)9-15-13(18)8-14(19)17-16-10-12-6-4-3-5-7-12/h3-7,10-11H,8-9H2,1-2H3,(H,15,18)(H,17,19)/b16-10-. The zero-order valence-electron chi connectivity index (χ0n) is 11.2. The van der Waals surface area contributed by atoms with Crippen molar-refractivity contribution < 1.29 is 9.59 Å². The normalized spacial score (nSPS) is 10.7. The van der Waals surface area contributed by atoms with E-state index in [9.17, 15) is 9.59 Å². The molecule has 2 amide bonds. The van der Waals surface area contributed by atoms with Crippen molar-refractivity contribution in [1.29, 1.82) is 0 Å². The Morgan fingerprint density at radius 2 is 1.89 bits per heavy atom. The average Bonchev–Trinajstić information content (AvgIpc) is 2.37. The van der Waals surface area contributed by atoms with E-state index in [1.807, 2.05) is 44.2 Å². The topological polar surface area (TPSA) is 70.6 Å². The number of hydrogen-bond donors (Lipinski definition) is 2. The summed E-state index contributed by atoms with van der Waals surface area (Å²) in [7, 11) is 0. The quantitative estimate of drug-likeness (QED) is 0.460. The molecule has 0 saturated carbocycles. The summed E-state index contributed by atoms with van der Waals surface area (Å²) in [4.78, 5) is 22.8. The fourth-order valence-electron chi connectivity index (χ4n) is 1.28. The van der Waals surface area contributed by atoms with Crippen molar-refractivity contribution in [3.8, 4) is 0 Å². The van der Waals surface area contributed by atoms with Crippen LogP contribution in [-0.4, -0.2) is 24.6 Å².